The number of ether oxygens (including phenoxy) is 1. The van der Waals surface area contributed by atoms with Crippen LogP contribution in [0.25, 0.3) is 0 Å². The minimum Gasteiger partial charge on any atom is -0.494 e. The predicted molar refractivity (Wildman–Crippen MR) is 103 cm³/mol. The lowest BCUT2D eigenvalue weighted by atomic mass is 10.0. The summed E-state index contributed by atoms with van der Waals surface area (Å²) in [6, 6.07) is 7.03. The Balaban J connectivity index is 2.40. The molecular weight excluding hydrogens is 332 g/mol. The van der Waals surface area contributed by atoms with Gasteiger partial charge < -0.3 is 20.9 Å². The number of nitrogens with two attached hydrogens (primary N) is 1. The highest BCUT2D eigenvalue weighted by Crippen LogP contribution is 2.17. The van der Waals surface area contributed by atoms with Gasteiger partial charge in [-0.25, -0.2) is 4.79 Å². The van der Waals surface area contributed by atoms with Crippen LogP contribution >= 0.6 is 0 Å². The zero-order valence-electron chi connectivity index (χ0n) is 15.7. The van der Waals surface area contributed by atoms with E-state index in [0.29, 0.717) is 12.3 Å². The van der Waals surface area contributed by atoms with Crippen molar-refractivity contribution >= 4 is 17.6 Å². The summed E-state index contributed by atoms with van der Waals surface area (Å²) >= 11 is 0. The molecule has 0 fully saturated rings. The van der Waals surface area contributed by atoms with Gasteiger partial charge in [0.05, 0.1) is 6.61 Å². The molecule has 0 unspecified atom stereocenters. The number of carbonyl (C=O) groups excluding carboxylic acids is 1. The predicted octanol–water partition coefficient (Wildman–Crippen LogP) is 3.72. The summed E-state index contributed by atoms with van der Waals surface area (Å²) in [7, 11) is 0. The molecule has 1 aromatic rings. The lowest BCUT2D eigenvalue weighted by Gasteiger charge is -2.19. The maximum Gasteiger partial charge on any atom is 0.328 e. The molecule has 0 saturated carbocycles. The number of aliphatic carboxylic acids is 1. The number of hydrogen-bond donors (Lipinski definition) is 3. The van der Waals surface area contributed by atoms with Crippen LogP contribution in [0.15, 0.2) is 36.4 Å². The van der Waals surface area contributed by atoms with Crippen molar-refractivity contribution in [2.24, 2.45) is 5.73 Å². The minimum atomic E-state index is -1.41. The number of hydrogen-bond acceptors (Lipinski definition) is 4. The lowest BCUT2D eigenvalue weighted by molar-refractivity contribution is -0.131. The van der Waals surface area contributed by atoms with Crippen molar-refractivity contribution in [1.82, 2.24) is 0 Å². The van der Waals surface area contributed by atoms with Gasteiger partial charge in [-0.3, -0.25) is 4.79 Å². The molecule has 4 N–H and O–H groups in total. The molecule has 0 spiro atoms. The van der Waals surface area contributed by atoms with Crippen LogP contribution in [0.3, 0.4) is 0 Å². The first-order valence-corrected chi connectivity index (χ1v) is 9.10. The first-order valence-electron chi connectivity index (χ1n) is 9.10. The number of anilines is 1. The zero-order chi connectivity index (χ0) is 19.4. The molecule has 1 aromatic carbocycles. The summed E-state index contributed by atoms with van der Waals surface area (Å²) in [4.78, 5) is 22.7. The van der Waals surface area contributed by atoms with E-state index >= 15 is 0 Å². The van der Waals surface area contributed by atoms with Crippen LogP contribution in [0.1, 0.15) is 52.4 Å². The number of nitrogens with one attached hydrogen (secondary N) is 1. The van der Waals surface area contributed by atoms with Crippen molar-refractivity contribution in [2.75, 3.05) is 11.9 Å². The van der Waals surface area contributed by atoms with Crippen LogP contribution in [0.5, 0.6) is 5.75 Å². The highest BCUT2D eigenvalue weighted by molar-refractivity contribution is 5.99. The number of carboxylic acid groups (broad SMARTS) is 1. The van der Waals surface area contributed by atoms with E-state index < -0.39 is 17.4 Å². The van der Waals surface area contributed by atoms with E-state index in [0.717, 1.165) is 24.3 Å². The average molecular weight is 362 g/mol. The van der Waals surface area contributed by atoms with Crippen molar-refractivity contribution in [3.05, 3.63) is 36.4 Å². The molecule has 144 valence electrons. The Hall–Kier alpha value is -2.34. The van der Waals surface area contributed by atoms with E-state index in [4.69, 9.17) is 15.6 Å². The molecule has 0 heterocycles. The van der Waals surface area contributed by atoms with Crippen molar-refractivity contribution < 1.29 is 19.4 Å². The van der Waals surface area contributed by atoms with Crippen molar-refractivity contribution in [3.63, 3.8) is 0 Å². The molecule has 0 bridgehead atoms. The molecule has 26 heavy (non-hydrogen) atoms. The molecule has 0 aromatic heterocycles. The van der Waals surface area contributed by atoms with Gasteiger partial charge in [-0.15, -0.1) is 0 Å². The monoisotopic (exact) mass is 362 g/mol. The molecule has 1 rings (SSSR count). The van der Waals surface area contributed by atoms with Crippen molar-refractivity contribution in [2.45, 2.75) is 57.9 Å². The van der Waals surface area contributed by atoms with Gasteiger partial charge in [-0.05, 0) is 43.7 Å². The second kappa shape index (κ2) is 11.3. The van der Waals surface area contributed by atoms with E-state index in [1.807, 2.05) is 0 Å². The summed E-state index contributed by atoms with van der Waals surface area (Å²) in [5, 5.41) is 11.3. The topological polar surface area (TPSA) is 102 Å². The average Bonchev–Trinajstić information content (AvgIpc) is 2.60. The van der Waals surface area contributed by atoms with Gasteiger partial charge >= 0.3 is 5.97 Å². The lowest BCUT2D eigenvalue weighted by Crippen LogP contribution is -2.46. The van der Waals surface area contributed by atoms with Gasteiger partial charge in [0, 0.05) is 11.8 Å². The number of carbonyl (C=O) groups is 2. The molecule has 0 saturated heterocycles. The highest BCUT2D eigenvalue weighted by atomic mass is 16.5. The van der Waals surface area contributed by atoms with Gasteiger partial charge in [0.2, 0.25) is 5.91 Å². The number of amides is 1. The highest BCUT2D eigenvalue weighted by Gasteiger charge is 2.25. The fourth-order valence-corrected chi connectivity index (χ4v) is 2.29. The Morgan fingerprint density at radius 1 is 1.15 bits per heavy atom. The van der Waals surface area contributed by atoms with Crippen LogP contribution < -0.4 is 15.8 Å². The number of carboxylic acids is 1. The normalized spacial score (nSPS) is 13.3. The van der Waals surface area contributed by atoms with E-state index in [9.17, 15) is 9.59 Å². The first kappa shape index (κ1) is 21.7. The summed E-state index contributed by atoms with van der Waals surface area (Å²) < 4.78 is 5.69. The smallest absolute Gasteiger partial charge is 0.328 e. The Bertz CT molecular complexity index is 594. The summed E-state index contributed by atoms with van der Waals surface area (Å²) in [6.07, 6.45) is 9.29. The van der Waals surface area contributed by atoms with E-state index in [2.05, 4.69) is 12.2 Å². The quantitative estimate of drug-likeness (QED) is 0.388. The third-order valence-electron chi connectivity index (χ3n) is 3.94. The number of unbranched alkanes of at least 4 members (excludes halogenated alkanes) is 5. The largest absolute Gasteiger partial charge is 0.494 e. The third kappa shape index (κ3) is 8.67. The molecule has 0 aliphatic carbocycles. The van der Waals surface area contributed by atoms with E-state index in [1.54, 1.807) is 24.3 Å². The van der Waals surface area contributed by atoms with Gasteiger partial charge in [-0.2, -0.15) is 0 Å². The standard InChI is InChI=1S/C20H30N2O4/c1-3-4-5-6-7-8-15-26-17-11-9-16(10-12-17)22-19(25)20(2,21)14-13-18(23)24/h9-14H,3-8,15,21H2,1-2H3,(H,22,25)(H,23,24)/t20-/m0/s1. The summed E-state index contributed by atoms with van der Waals surface area (Å²) in [5.41, 5.74) is 4.98. The third-order valence-corrected chi connectivity index (χ3v) is 3.94. The molecule has 0 aliphatic rings. The molecule has 0 aliphatic heterocycles. The van der Waals surface area contributed by atoms with Crippen LogP contribution in [0.2, 0.25) is 0 Å². The van der Waals surface area contributed by atoms with Gasteiger partial charge in [-0.1, -0.05) is 39.0 Å². The van der Waals surface area contributed by atoms with Gasteiger partial charge in [0.1, 0.15) is 11.3 Å². The summed E-state index contributed by atoms with van der Waals surface area (Å²) in [6.45, 7) is 4.33. The van der Waals surface area contributed by atoms with Crippen LogP contribution in [0, 0.1) is 0 Å². The minimum absolute atomic E-state index is 0.490. The maximum atomic E-state index is 12.1. The second-order valence-corrected chi connectivity index (χ2v) is 6.55. The SMILES string of the molecule is CCCCCCCCOc1ccc(NC(=O)[C@@](C)(N)C=CC(=O)O)cc1. The molecule has 1 atom stereocenters. The molecule has 0 radical (unpaired) electrons. The number of benzene rings is 1. The van der Waals surface area contributed by atoms with Crippen LogP contribution in [0.4, 0.5) is 5.69 Å². The Morgan fingerprint density at radius 2 is 1.77 bits per heavy atom. The second-order valence-electron chi connectivity index (χ2n) is 6.55. The number of rotatable bonds is 12. The van der Waals surface area contributed by atoms with Crippen LogP contribution in [-0.4, -0.2) is 29.1 Å². The van der Waals surface area contributed by atoms with Crippen molar-refractivity contribution in [3.8, 4) is 5.75 Å². The van der Waals surface area contributed by atoms with Gasteiger partial charge in [0.15, 0.2) is 0 Å². The van der Waals surface area contributed by atoms with Crippen molar-refractivity contribution in [1.29, 1.82) is 0 Å². The molecule has 6 nitrogen and oxygen atoms in total. The van der Waals surface area contributed by atoms with E-state index in [-0.39, 0.29) is 0 Å². The summed E-state index contributed by atoms with van der Waals surface area (Å²) in [5.74, 6) is -0.894. The Labute approximate surface area is 155 Å². The maximum absolute atomic E-state index is 12.1. The zero-order valence-corrected chi connectivity index (χ0v) is 15.7. The fraction of sp³-hybridized carbons (Fsp3) is 0.500. The fourth-order valence-electron chi connectivity index (χ4n) is 2.29. The molecule has 1 amide bonds. The van der Waals surface area contributed by atoms with Crippen LogP contribution in [-0.2, 0) is 9.59 Å². The first-order chi connectivity index (χ1) is 12.3. The van der Waals surface area contributed by atoms with E-state index in [1.165, 1.54) is 39.0 Å². The molecular formula is C20H30N2O4. The van der Waals surface area contributed by atoms with Gasteiger partial charge in [0.25, 0.3) is 0 Å². The Kier molecular flexibility index (Phi) is 9.44. The Morgan fingerprint density at radius 3 is 2.38 bits per heavy atom. The molecule has 6 heteroatoms.